The Morgan fingerprint density at radius 1 is 1.39 bits per heavy atom. The maximum atomic E-state index is 13.0. The molecule has 1 aliphatic rings. The molecular formula is C17H25NO5. The lowest BCUT2D eigenvalue weighted by Gasteiger charge is -2.39. The summed E-state index contributed by atoms with van der Waals surface area (Å²) in [7, 11) is 1.53. The van der Waals surface area contributed by atoms with E-state index in [9.17, 15) is 15.0 Å². The molecule has 0 bridgehead atoms. The van der Waals surface area contributed by atoms with Crippen LogP contribution in [-0.2, 0) is 4.74 Å². The maximum absolute atomic E-state index is 13.0. The zero-order valence-corrected chi connectivity index (χ0v) is 13.9. The van der Waals surface area contributed by atoms with Crippen molar-refractivity contribution in [2.75, 3.05) is 26.9 Å². The van der Waals surface area contributed by atoms with Gasteiger partial charge in [0.2, 0.25) is 0 Å². The molecule has 1 aliphatic heterocycles. The third-order valence-electron chi connectivity index (χ3n) is 4.14. The average molecular weight is 323 g/mol. The highest BCUT2D eigenvalue weighted by atomic mass is 16.5. The minimum Gasteiger partial charge on any atom is -0.496 e. The Labute approximate surface area is 136 Å². The lowest BCUT2D eigenvalue weighted by molar-refractivity contribution is -0.125. The van der Waals surface area contributed by atoms with Crippen LogP contribution in [0.5, 0.6) is 5.75 Å². The molecule has 6 nitrogen and oxygen atoms in total. The molecule has 0 radical (unpaired) electrons. The number of nitrogens with zero attached hydrogens (tertiary/aromatic N) is 1. The van der Waals surface area contributed by atoms with E-state index in [1.165, 1.54) is 7.11 Å². The molecule has 0 saturated carbocycles. The molecule has 0 aliphatic carbocycles. The van der Waals surface area contributed by atoms with E-state index in [2.05, 4.69) is 0 Å². The number of carbonyl (C=O) groups excluding carboxylic acids is 1. The zero-order chi connectivity index (χ0) is 17.0. The standard InChI is InChI=1S/C17H25NO5/c1-4-8-18(13-9-23-10-14(19)15(13)20)17(21)12-7-5-6-11(2)16(12)22-3/h5-7,13-15,19-20H,4,8-10H2,1-3H3/t13-,14-,15+/m1/s1. The first kappa shape index (κ1) is 17.7. The van der Waals surface area contributed by atoms with E-state index in [4.69, 9.17) is 9.47 Å². The number of ether oxygens (including phenoxy) is 2. The van der Waals surface area contributed by atoms with Crippen LogP contribution in [0.2, 0.25) is 0 Å². The van der Waals surface area contributed by atoms with Crippen LogP contribution >= 0.6 is 0 Å². The number of benzene rings is 1. The second-order valence-corrected chi connectivity index (χ2v) is 5.82. The summed E-state index contributed by atoms with van der Waals surface area (Å²) in [4.78, 5) is 14.6. The molecule has 1 fully saturated rings. The van der Waals surface area contributed by atoms with E-state index in [1.54, 1.807) is 17.0 Å². The van der Waals surface area contributed by atoms with Crippen LogP contribution in [0.15, 0.2) is 18.2 Å². The van der Waals surface area contributed by atoms with Gasteiger partial charge in [0.05, 0.1) is 31.9 Å². The Balaban J connectivity index is 2.34. The molecule has 2 N–H and O–H groups in total. The summed E-state index contributed by atoms with van der Waals surface area (Å²) in [5, 5.41) is 20.1. The van der Waals surface area contributed by atoms with Gasteiger partial charge in [-0.1, -0.05) is 19.1 Å². The fourth-order valence-corrected chi connectivity index (χ4v) is 2.94. The van der Waals surface area contributed by atoms with Crippen LogP contribution in [-0.4, -0.2) is 66.1 Å². The van der Waals surface area contributed by atoms with Gasteiger partial charge < -0.3 is 24.6 Å². The number of rotatable bonds is 5. The van der Waals surface area contributed by atoms with E-state index in [0.717, 1.165) is 12.0 Å². The third-order valence-corrected chi connectivity index (χ3v) is 4.14. The molecule has 1 aromatic rings. The van der Waals surface area contributed by atoms with Gasteiger partial charge in [0.15, 0.2) is 0 Å². The number of aryl methyl sites for hydroxylation is 1. The first-order valence-electron chi connectivity index (χ1n) is 7.89. The Morgan fingerprint density at radius 2 is 2.13 bits per heavy atom. The summed E-state index contributed by atoms with van der Waals surface area (Å²) < 4.78 is 10.7. The topological polar surface area (TPSA) is 79.2 Å². The molecule has 23 heavy (non-hydrogen) atoms. The fourth-order valence-electron chi connectivity index (χ4n) is 2.94. The number of aliphatic hydroxyl groups excluding tert-OH is 2. The number of hydrogen-bond acceptors (Lipinski definition) is 5. The van der Waals surface area contributed by atoms with Gasteiger partial charge >= 0.3 is 0 Å². The van der Waals surface area contributed by atoms with Crippen LogP contribution in [0.4, 0.5) is 0 Å². The summed E-state index contributed by atoms with van der Waals surface area (Å²) in [6.45, 7) is 4.59. The number of aliphatic hydroxyl groups is 2. The normalized spacial score (nSPS) is 24.3. The van der Waals surface area contributed by atoms with Gasteiger partial charge in [0.1, 0.15) is 18.0 Å². The van der Waals surface area contributed by atoms with Gasteiger partial charge in [-0.2, -0.15) is 0 Å². The molecule has 0 aromatic heterocycles. The molecule has 0 spiro atoms. The molecule has 128 valence electrons. The predicted molar refractivity (Wildman–Crippen MR) is 85.7 cm³/mol. The number of para-hydroxylation sites is 1. The highest BCUT2D eigenvalue weighted by Crippen LogP contribution is 2.26. The Hall–Kier alpha value is -1.63. The molecule has 3 atom stereocenters. The van der Waals surface area contributed by atoms with Crippen molar-refractivity contribution in [1.82, 2.24) is 4.90 Å². The van der Waals surface area contributed by atoms with Crippen molar-refractivity contribution < 1.29 is 24.5 Å². The van der Waals surface area contributed by atoms with Gasteiger partial charge in [-0.15, -0.1) is 0 Å². The van der Waals surface area contributed by atoms with Crippen LogP contribution in [0.3, 0.4) is 0 Å². The smallest absolute Gasteiger partial charge is 0.258 e. The Kier molecular flexibility index (Phi) is 5.98. The largest absolute Gasteiger partial charge is 0.496 e. The molecule has 1 aromatic carbocycles. The minimum atomic E-state index is -1.02. The van der Waals surface area contributed by atoms with E-state index >= 15 is 0 Å². The molecule has 1 saturated heterocycles. The van der Waals surface area contributed by atoms with Crippen molar-refractivity contribution in [1.29, 1.82) is 0 Å². The fraction of sp³-hybridized carbons (Fsp3) is 0.588. The first-order valence-corrected chi connectivity index (χ1v) is 7.89. The van der Waals surface area contributed by atoms with Gasteiger partial charge in [-0.3, -0.25) is 4.79 Å². The second kappa shape index (κ2) is 7.77. The van der Waals surface area contributed by atoms with Crippen molar-refractivity contribution in [3.8, 4) is 5.75 Å². The monoisotopic (exact) mass is 323 g/mol. The molecule has 2 rings (SSSR count). The summed E-state index contributed by atoms with van der Waals surface area (Å²) in [6, 6.07) is 4.82. The third kappa shape index (κ3) is 3.65. The molecule has 1 amide bonds. The van der Waals surface area contributed by atoms with Crippen LogP contribution in [0.25, 0.3) is 0 Å². The summed E-state index contributed by atoms with van der Waals surface area (Å²) in [5.41, 5.74) is 1.32. The number of amides is 1. The SMILES string of the molecule is CCCN(C(=O)c1cccc(C)c1OC)[C@@H]1COC[C@@H](O)[C@H]1O. The van der Waals surface area contributed by atoms with Crippen molar-refractivity contribution >= 4 is 5.91 Å². The van der Waals surface area contributed by atoms with Gasteiger partial charge in [-0.05, 0) is 25.0 Å². The number of methoxy groups -OCH3 is 1. The van der Waals surface area contributed by atoms with Crippen molar-refractivity contribution in [2.45, 2.75) is 38.5 Å². The lowest BCUT2D eigenvalue weighted by Crippen LogP contribution is -2.57. The molecule has 0 unspecified atom stereocenters. The summed E-state index contributed by atoms with van der Waals surface area (Å²) in [5.74, 6) is 0.305. The van der Waals surface area contributed by atoms with E-state index in [1.807, 2.05) is 19.9 Å². The minimum absolute atomic E-state index is 0.0829. The quantitative estimate of drug-likeness (QED) is 0.844. The zero-order valence-electron chi connectivity index (χ0n) is 13.9. The van der Waals surface area contributed by atoms with Gasteiger partial charge in [0, 0.05) is 6.54 Å². The van der Waals surface area contributed by atoms with Crippen LogP contribution in [0.1, 0.15) is 29.3 Å². The average Bonchev–Trinajstić information content (AvgIpc) is 2.54. The van der Waals surface area contributed by atoms with Crippen molar-refractivity contribution in [2.24, 2.45) is 0 Å². The van der Waals surface area contributed by atoms with Gasteiger partial charge in [0.25, 0.3) is 5.91 Å². The number of carbonyl (C=O) groups is 1. The highest BCUT2D eigenvalue weighted by Gasteiger charge is 2.38. The Bertz CT molecular complexity index is 548. The molecule has 6 heteroatoms. The first-order chi connectivity index (χ1) is 11.0. The molecular weight excluding hydrogens is 298 g/mol. The van der Waals surface area contributed by atoms with E-state index in [-0.39, 0.29) is 19.1 Å². The van der Waals surface area contributed by atoms with Crippen molar-refractivity contribution in [3.63, 3.8) is 0 Å². The predicted octanol–water partition coefficient (Wildman–Crippen LogP) is 0.976. The summed E-state index contributed by atoms with van der Waals surface area (Å²) >= 11 is 0. The second-order valence-electron chi connectivity index (χ2n) is 5.82. The van der Waals surface area contributed by atoms with Crippen LogP contribution in [0, 0.1) is 6.92 Å². The Morgan fingerprint density at radius 3 is 2.78 bits per heavy atom. The maximum Gasteiger partial charge on any atom is 0.258 e. The molecule has 1 heterocycles. The number of hydrogen-bond donors (Lipinski definition) is 2. The van der Waals surface area contributed by atoms with Crippen molar-refractivity contribution in [3.05, 3.63) is 29.3 Å². The van der Waals surface area contributed by atoms with Crippen LogP contribution < -0.4 is 4.74 Å². The van der Waals surface area contributed by atoms with E-state index < -0.39 is 18.2 Å². The summed E-state index contributed by atoms with van der Waals surface area (Å²) in [6.07, 6.45) is -1.27. The van der Waals surface area contributed by atoms with E-state index in [0.29, 0.717) is 17.9 Å². The highest BCUT2D eigenvalue weighted by molar-refractivity contribution is 5.97. The lowest BCUT2D eigenvalue weighted by atomic mass is 10.00. The van der Waals surface area contributed by atoms with Gasteiger partial charge in [-0.25, -0.2) is 0 Å².